The lowest BCUT2D eigenvalue weighted by molar-refractivity contribution is 0.201. The molecule has 0 bridgehead atoms. The van der Waals surface area contributed by atoms with Crippen molar-refractivity contribution in [3.05, 3.63) is 42.2 Å². The highest BCUT2D eigenvalue weighted by molar-refractivity contribution is 7.89. The zero-order valence-electron chi connectivity index (χ0n) is 11.6. The highest BCUT2D eigenvalue weighted by Gasteiger charge is 2.14. The SMILES string of the molecule is Cn1cc(CNS(=O)(=O)c2ccc(OCCO)cc2)cn1. The summed E-state index contributed by atoms with van der Waals surface area (Å²) >= 11 is 0. The van der Waals surface area contributed by atoms with Crippen LogP contribution in [0.2, 0.25) is 0 Å². The number of hydrogen-bond donors (Lipinski definition) is 2. The van der Waals surface area contributed by atoms with Crippen molar-refractivity contribution in [1.82, 2.24) is 14.5 Å². The van der Waals surface area contributed by atoms with Crippen LogP contribution in [0, 0.1) is 0 Å². The molecule has 0 atom stereocenters. The van der Waals surface area contributed by atoms with Gasteiger partial charge in [0.1, 0.15) is 12.4 Å². The third-order valence-corrected chi connectivity index (χ3v) is 4.14. The first-order valence-electron chi connectivity index (χ1n) is 6.32. The molecule has 0 amide bonds. The Morgan fingerprint density at radius 3 is 2.62 bits per heavy atom. The number of aliphatic hydroxyl groups is 1. The molecule has 21 heavy (non-hydrogen) atoms. The van der Waals surface area contributed by atoms with Crippen molar-refractivity contribution in [2.24, 2.45) is 7.05 Å². The van der Waals surface area contributed by atoms with Crippen molar-refractivity contribution in [3.8, 4) is 5.75 Å². The minimum Gasteiger partial charge on any atom is -0.491 e. The third-order valence-electron chi connectivity index (χ3n) is 2.72. The van der Waals surface area contributed by atoms with Gasteiger partial charge < -0.3 is 9.84 Å². The smallest absolute Gasteiger partial charge is 0.240 e. The Hall–Kier alpha value is -1.90. The zero-order valence-corrected chi connectivity index (χ0v) is 12.4. The summed E-state index contributed by atoms with van der Waals surface area (Å²) in [6, 6.07) is 6.01. The Bertz CT molecular complexity index is 680. The Kier molecular flexibility index (Phi) is 4.94. The summed E-state index contributed by atoms with van der Waals surface area (Å²) in [7, 11) is -1.81. The minimum absolute atomic E-state index is 0.0906. The van der Waals surface area contributed by atoms with E-state index in [0.717, 1.165) is 5.56 Å². The fourth-order valence-electron chi connectivity index (χ4n) is 1.70. The lowest BCUT2D eigenvalue weighted by atomic mass is 10.3. The molecule has 0 aliphatic heterocycles. The second-order valence-corrected chi connectivity index (χ2v) is 6.16. The summed E-state index contributed by atoms with van der Waals surface area (Å²) in [5.41, 5.74) is 0.781. The molecule has 0 fully saturated rings. The van der Waals surface area contributed by atoms with Gasteiger partial charge in [-0.2, -0.15) is 5.10 Å². The van der Waals surface area contributed by atoms with Gasteiger partial charge >= 0.3 is 0 Å². The molecule has 0 aliphatic carbocycles. The van der Waals surface area contributed by atoms with E-state index in [0.29, 0.717) is 5.75 Å². The summed E-state index contributed by atoms with van der Waals surface area (Å²) in [6.07, 6.45) is 3.35. The third kappa shape index (κ3) is 4.28. The van der Waals surface area contributed by atoms with E-state index in [1.165, 1.54) is 12.1 Å². The van der Waals surface area contributed by atoms with Crippen LogP contribution in [-0.4, -0.2) is 36.5 Å². The minimum atomic E-state index is -3.58. The average molecular weight is 311 g/mol. The summed E-state index contributed by atoms with van der Waals surface area (Å²) in [5.74, 6) is 0.509. The summed E-state index contributed by atoms with van der Waals surface area (Å²) < 4.78 is 33.5. The number of rotatable bonds is 7. The van der Waals surface area contributed by atoms with Crippen LogP contribution in [0.4, 0.5) is 0 Å². The van der Waals surface area contributed by atoms with Crippen LogP contribution in [0.25, 0.3) is 0 Å². The lowest BCUT2D eigenvalue weighted by Crippen LogP contribution is -2.23. The molecule has 1 heterocycles. The van der Waals surface area contributed by atoms with Crippen LogP contribution in [0.15, 0.2) is 41.6 Å². The number of ether oxygens (including phenoxy) is 1. The molecule has 2 aromatic rings. The topological polar surface area (TPSA) is 93.5 Å². The molecule has 0 saturated heterocycles. The Balaban J connectivity index is 2.01. The highest BCUT2D eigenvalue weighted by atomic mass is 32.2. The van der Waals surface area contributed by atoms with E-state index in [2.05, 4.69) is 9.82 Å². The number of aromatic nitrogens is 2. The van der Waals surface area contributed by atoms with E-state index in [1.54, 1.807) is 36.3 Å². The second-order valence-electron chi connectivity index (χ2n) is 4.39. The summed E-state index contributed by atoms with van der Waals surface area (Å²) in [5, 5.41) is 12.6. The molecular formula is C13H17N3O4S. The summed E-state index contributed by atoms with van der Waals surface area (Å²) in [6.45, 7) is 0.261. The van der Waals surface area contributed by atoms with Crippen LogP contribution in [0.1, 0.15) is 5.56 Å². The van der Waals surface area contributed by atoms with Gasteiger partial charge in [0.05, 0.1) is 17.7 Å². The van der Waals surface area contributed by atoms with Crippen LogP contribution >= 0.6 is 0 Å². The van der Waals surface area contributed by atoms with Crippen molar-refractivity contribution in [3.63, 3.8) is 0 Å². The molecule has 8 heteroatoms. The van der Waals surface area contributed by atoms with Gasteiger partial charge in [-0.3, -0.25) is 4.68 Å². The molecule has 1 aromatic carbocycles. The number of nitrogens with one attached hydrogen (secondary N) is 1. The fraction of sp³-hybridized carbons (Fsp3) is 0.308. The molecule has 0 radical (unpaired) electrons. The fourth-order valence-corrected chi connectivity index (χ4v) is 2.72. The van der Waals surface area contributed by atoms with E-state index in [4.69, 9.17) is 9.84 Å². The van der Waals surface area contributed by atoms with Crippen molar-refractivity contribution in [2.75, 3.05) is 13.2 Å². The number of benzene rings is 1. The van der Waals surface area contributed by atoms with E-state index in [9.17, 15) is 8.42 Å². The first kappa shape index (κ1) is 15.5. The number of sulfonamides is 1. The van der Waals surface area contributed by atoms with Gasteiger partial charge in [-0.1, -0.05) is 0 Å². The number of aryl methyl sites for hydroxylation is 1. The summed E-state index contributed by atoms with van der Waals surface area (Å²) in [4.78, 5) is 0.155. The predicted octanol–water partition coefficient (Wildman–Crippen LogP) is 0.270. The number of nitrogens with zero attached hydrogens (tertiary/aromatic N) is 2. The molecule has 0 aliphatic rings. The Labute approximate surface area is 123 Å². The Morgan fingerprint density at radius 2 is 2.05 bits per heavy atom. The van der Waals surface area contributed by atoms with Crippen LogP contribution < -0.4 is 9.46 Å². The maximum atomic E-state index is 12.1. The zero-order chi connectivity index (χ0) is 15.3. The van der Waals surface area contributed by atoms with Gasteiger partial charge in [0.25, 0.3) is 0 Å². The number of aliphatic hydroxyl groups excluding tert-OH is 1. The van der Waals surface area contributed by atoms with E-state index in [1.807, 2.05) is 0 Å². The van der Waals surface area contributed by atoms with Crippen LogP contribution in [0.3, 0.4) is 0 Å². The predicted molar refractivity (Wildman–Crippen MR) is 76.3 cm³/mol. The lowest BCUT2D eigenvalue weighted by Gasteiger charge is -2.07. The van der Waals surface area contributed by atoms with Gasteiger partial charge in [-0.15, -0.1) is 0 Å². The molecule has 0 saturated carbocycles. The quantitative estimate of drug-likeness (QED) is 0.765. The maximum Gasteiger partial charge on any atom is 0.240 e. The molecule has 0 unspecified atom stereocenters. The first-order valence-corrected chi connectivity index (χ1v) is 7.80. The van der Waals surface area contributed by atoms with Gasteiger partial charge in [-0.25, -0.2) is 13.1 Å². The normalized spacial score (nSPS) is 11.5. The molecule has 1 aromatic heterocycles. The maximum absolute atomic E-state index is 12.1. The molecule has 2 rings (SSSR count). The van der Waals surface area contributed by atoms with Gasteiger partial charge in [0.15, 0.2) is 0 Å². The standard InChI is InChI=1S/C13H17N3O4S/c1-16-10-11(8-14-16)9-15-21(18,19)13-4-2-12(3-5-13)20-7-6-17/h2-5,8,10,15,17H,6-7,9H2,1H3. The first-order chi connectivity index (χ1) is 10.0. The van der Waals surface area contributed by atoms with Crippen LogP contribution in [-0.2, 0) is 23.6 Å². The van der Waals surface area contributed by atoms with Gasteiger partial charge in [0.2, 0.25) is 10.0 Å². The van der Waals surface area contributed by atoms with Crippen molar-refractivity contribution in [2.45, 2.75) is 11.4 Å². The molecule has 0 spiro atoms. The van der Waals surface area contributed by atoms with Crippen molar-refractivity contribution < 1.29 is 18.3 Å². The monoisotopic (exact) mass is 311 g/mol. The largest absolute Gasteiger partial charge is 0.491 e. The highest BCUT2D eigenvalue weighted by Crippen LogP contribution is 2.16. The average Bonchev–Trinajstić information content (AvgIpc) is 2.89. The van der Waals surface area contributed by atoms with Gasteiger partial charge in [-0.05, 0) is 24.3 Å². The Morgan fingerprint density at radius 1 is 1.33 bits per heavy atom. The van der Waals surface area contributed by atoms with Gasteiger partial charge in [0, 0.05) is 25.4 Å². The van der Waals surface area contributed by atoms with Crippen molar-refractivity contribution >= 4 is 10.0 Å². The van der Waals surface area contributed by atoms with E-state index >= 15 is 0 Å². The number of hydrogen-bond acceptors (Lipinski definition) is 5. The molecule has 114 valence electrons. The van der Waals surface area contributed by atoms with E-state index < -0.39 is 10.0 Å². The molecular weight excluding hydrogens is 294 g/mol. The molecule has 2 N–H and O–H groups in total. The van der Waals surface area contributed by atoms with E-state index in [-0.39, 0.29) is 24.7 Å². The van der Waals surface area contributed by atoms with Crippen molar-refractivity contribution in [1.29, 1.82) is 0 Å². The van der Waals surface area contributed by atoms with Crippen LogP contribution in [0.5, 0.6) is 5.75 Å². The molecule has 7 nitrogen and oxygen atoms in total. The second kappa shape index (κ2) is 6.70.